The number of hydrogen-bond acceptors (Lipinski definition) is 2. The van der Waals surface area contributed by atoms with Gasteiger partial charge < -0.3 is 10.6 Å². The molecule has 0 aromatic heterocycles. The maximum atomic E-state index is 5.43. The van der Waals surface area contributed by atoms with E-state index in [4.69, 9.17) is 12.2 Å². The third kappa shape index (κ3) is 3.44. The lowest BCUT2D eigenvalue weighted by atomic mass is 9.49. The Kier molecular flexibility index (Phi) is 4.81. The molecule has 0 aliphatic heterocycles. The molecule has 114 valence electrons. The first kappa shape index (κ1) is 15.0. The van der Waals surface area contributed by atoms with Crippen LogP contribution < -0.4 is 10.6 Å². The summed E-state index contributed by atoms with van der Waals surface area (Å²) < 4.78 is 0. The minimum atomic E-state index is 0.583. The van der Waals surface area contributed by atoms with Crippen LogP contribution in [-0.2, 0) is 0 Å². The van der Waals surface area contributed by atoms with E-state index in [1.54, 1.807) is 0 Å². The lowest BCUT2D eigenvalue weighted by Crippen LogP contribution is -2.52. The first-order chi connectivity index (χ1) is 9.69. The third-order valence-corrected chi connectivity index (χ3v) is 6.59. The lowest BCUT2D eigenvalue weighted by molar-refractivity contribution is -0.0491. The maximum absolute atomic E-state index is 5.43. The molecule has 0 unspecified atom stereocenters. The number of hydrogen-bond donors (Lipinski definition) is 2. The molecule has 4 rings (SSSR count). The predicted octanol–water partition coefficient (Wildman–Crippen LogP) is 3.42. The normalized spacial score (nSPS) is 38.0. The molecule has 0 amide bonds. The van der Waals surface area contributed by atoms with Gasteiger partial charge in [0.25, 0.3) is 0 Å². The Balaban J connectivity index is 1.43. The maximum Gasteiger partial charge on any atom is 0.166 e. The fraction of sp³-hybridized carbons (Fsp3) is 0.938. The second-order valence-electron chi connectivity index (χ2n) is 7.37. The largest absolute Gasteiger partial charge is 0.363 e. The smallest absolute Gasteiger partial charge is 0.166 e. The van der Waals surface area contributed by atoms with Crippen molar-refractivity contribution in [2.24, 2.45) is 23.2 Å². The van der Waals surface area contributed by atoms with Crippen LogP contribution in [0.4, 0.5) is 0 Å². The van der Waals surface area contributed by atoms with Crippen LogP contribution in [-0.4, -0.2) is 30.2 Å². The Morgan fingerprint density at radius 3 is 2.25 bits per heavy atom. The van der Waals surface area contributed by atoms with Gasteiger partial charge in [0.15, 0.2) is 5.11 Å². The summed E-state index contributed by atoms with van der Waals surface area (Å²) in [6.45, 7) is 2.12. The van der Waals surface area contributed by atoms with E-state index in [2.05, 4.69) is 16.9 Å². The summed E-state index contributed by atoms with van der Waals surface area (Å²) in [6.07, 6.45) is 12.3. The van der Waals surface area contributed by atoms with Crippen molar-refractivity contribution in [1.29, 1.82) is 0 Å². The van der Waals surface area contributed by atoms with Gasteiger partial charge in [0.1, 0.15) is 0 Å². The zero-order valence-electron chi connectivity index (χ0n) is 12.6. The summed E-state index contributed by atoms with van der Waals surface area (Å²) in [7, 11) is 0. The Morgan fingerprint density at radius 1 is 1.10 bits per heavy atom. The minimum absolute atomic E-state index is 0.583. The molecule has 0 aromatic carbocycles. The Hall–Kier alpha value is 0.0400. The topological polar surface area (TPSA) is 24.1 Å². The zero-order chi connectivity index (χ0) is 14.0. The van der Waals surface area contributed by atoms with Gasteiger partial charge in [-0.15, -0.1) is 0 Å². The number of nitrogens with one attached hydrogen (secondary N) is 2. The van der Waals surface area contributed by atoms with Crippen LogP contribution >= 0.6 is 24.0 Å². The highest BCUT2D eigenvalue weighted by molar-refractivity contribution is 7.98. The highest BCUT2D eigenvalue weighted by Crippen LogP contribution is 2.59. The van der Waals surface area contributed by atoms with Gasteiger partial charge in [-0.1, -0.05) is 0 Å². The van der Waals surface area contributed by atoms with Gasteiger partial charge in [-0.3, -0.25) is 0 Å². The molecule has 4 heteroatoms. The number of thioether (sulfide) groups is 1. The van der Waals surface area contributed by atoms with Crippen LogP contribution in [0, 0.1) is 23.2 Å². The van der Waals surface area contributed by atoms with Gasteiger partial charge in [0.05, 0.1) is 0 Å². The van der Waals surface area contributed by atoms with Gasteiger partial charge in [-0.2, -0.15) is 11.8 Å². The van der Waals surface area contributed by atoms with E-state index in [0.29, 0.717) is 5.41 Å². The van der Waals surface area contributed by atoms with E-state index >= 15 is 0 Å². The van der Waals surface area contributed by atoms with E-state index < -0.39 is 0 Å². The van der Waals surface area contributed by atoms with Crippen LogP contribution in [0.25, 0.3) is 0 Å². The van der Waals surface area contributed by atoms with Crippen molar-refractivity contribution in [3.63, 3.8) is 0 Å². The molecule has 0 heterocycles. The van der Waals surface area contributed by atoms with Crippen molar-refractivity contribution in [2.45, 2.75) is 44.9 Å². The van der Waals surface area contributed by atoms with Crippen LogP contribution in [0.5, 0.6) is 0 Å². The first-order valence-corrected chi connectivity index (χ1v) is 10.00. The van der Waals surface area contributed by atoms with Gasteiger partial charge in [-0.25, -0.2) is 0 Å². The van der Waals surface area contributed by atoms with Crippen molar-refractivity contribution < 1.29 is 0 Å². The summed E-state index contributed by atoms with van der Waals surface area (Å²) in [6, 6.07) is 0. The second kappa shape index (κ2) is 6.43. The van der Waals surface area contributed by atoms with E-state index in [-0.39, 0.29) is 0 Å². The van der Waals surface area contributed by atoms with Gasteiger partial charge >= 0.3 is 0 Å². The van der Waals surface area contributed by atoms with Gasteiger partial charge in [0.2, 0.25) is 0 Å². The molecule has 2 N–H and O–H groups in total. The molecule has 0 aromatic rings. The molecule has 4 fully saturated rings. The Morgan fingerprint density at radius 2 is 1.70 bits per heavy atom. The summed E-state index contributed by atoms with van der Waals surface area (Å²) in [4.78, 5) is 0. The fourth-order valence-corrected chi connectivity index (χ4v) is 5.86. The molecule has 0 radical (unpaired) electrons. The monoisotopic (exact) mass is 312 g/mol. The summed E-state index contributed by atoms with van der Waals surface area (Å²) in [5.74, 6) is 4.31. The molecular formula is C16H28N2S2. The van der Waals surface area contributed by atoms with Crippen LogP contribution in [0.1, 0.15) is 44.9 Å². The Bertz CT molecular complexity index is 321. The first-order valence-electron chi connectivity index (χ1n) is 8.20. The fourth-order valence-electron chi connectivity index (χ4n) is 5.26. The van der Waals surface area contributed by atoms with E-state index in [9.17, 15) is 0 Å². The second-order valence-corrected chi connectivity index (χ2v) is 8.77. The SMILES string of the molecule is CSCCCNC(=S)NCC12CC3CC(CC(C3)C1)C2. The van der Waals surface area contributed by atoms with Crippen molar-refractivity contribution in [2.75, 3.05) is 25.1 Å². The molecule has 0 atom stereocenters. The van der Waals surface area contributed by atoms with E-state index in [1.165, 1.54) is 50.7 Å². The van der Waals surface area contributed by atoms with Crippen molar-refractivity contribution in [3.05, 3.63) is 0 Å². The van der Waals surface area contributed by atoms with Crippen LogP contribution in [0.2, 0.25) is 0 Å². The molecule has 4 aliphatic rings. The molecule has 2 nitrogen and oxygen atoms in total. The summed E-state index contributed by atoms with van der Waals surface area (Å²) in [5.41, 5.74) is 0.583. The van der Waals surface area contributed by atoms with Gasteiger partial charge in [-0.05, 0) is 92.3 Å². The van der Waals surface area contributed by atoms with Crippen LogP contribution in [0.3, 0.4) is 0 Å². The highest BCUT2D eigenvalue weighted by Gasteiger charge is 2.50. The highest BCUT2D eigenvalue weighted by atomic mass is 32.2. The molecule has 4 saturated carbocycles. The third-order valence-electron chi connectivity index (χ3n) is 5.60. The van der Waals surface area contributed by atoms with Crippen molar-refractivity contribution in [3.8, 4) is 0 Å². The van der Waals surface area contributed by atoms with E-state index in [0.717, 1.165) is 36.0 Å². The molecule has 0 saturated heterocycles. The van der Waals surface area contributed by atoms with Crippen LogP contribution in [0.15, 0.2) is 0 Å². The molecule has 4 aliphatic carbocycles. The standard InChI is InChI=1S/C16H28N2S2/c1-20-4-2-3-17-15(19)18-11-16-8-12-5-13(9-16)7-14(6-12)10-16/h12-14H,2-11H2,1H3,(H2,17,18,19). The molecule has 0 spiro atoms. The van der Waals surface area contributed by atoms with Gasteiger partial charge in [0, 0.05) is 13.1 Å². The summed E-state index contributed by atoms with van der Waals surface area (Å²) >= 11 is 7.33. The average Bonchev–Trinajstić information content (AvgIpc) is 2.40. The van der Waals surface area contributed by atoms with Crippen molar-refractivity contribution in [1.82, 2.24) is 10.6 Å². The lowest BCUT2D eigenvalue weighted by Gasteiger charge is -2.57. The van der Waals surface area contributed by atoms with Crippen molar-refractivity contribution >= 4 is 29.1 Å². The Labute approximate surface area is 133 Å². The zero-order valence-corrected chi connectivity index (χ0v) is 14.3. The molecule has 20 heavy (non-hydrogen) atoms. The average molecular weight is 313 g/mol. The summed E-state index contributed by atoms with van der Waals surface area (Å²) in [5, 5.41) is 7.76. The predicted molar refractivity (Wildman–Crippen MR) is 92.2 cm³/mol. The molecular weight excluding hydrogens is 284 g/mol. The van der Waals surface area contributed by atoms with E-state index in [1.807, 2.05) is 11.8 Å². The minimum Gasteiger partial charge on any atom is -0.363 e. The number of thiocarbonyl (C=S) groups is 1. The molecule has 4 bridgehead atoms. The number of rotatable bonds is 6. The quantitative estimate of drug-likeness (QED) is 0.580.